The predicted octanol–water partition coefficient (Wildman–Crippen LogP) is 3.18. The van der Waals surface area contributed by atoms with E-state index in [4.69, 9.17) is 39.8 Å². The summed E-state index contributed by atoms with van der Waals surface area (Å²) in [6.45, 7) is 0. The van der Waals surface area contributed by atoms with Gasteiger partial charge in [0.1, 0.15) is 0 Å². The molecule has 5 rings (SSSR count). The number of quaternary nitrogens is 1. The second-order valence-corrected chi connectivity index (χ2v) is 12.1. The van der Waals surface area contributed by atoms with Crippen LogP contribution in [0.15, 0.2) is 76.9 Å². The third-order valence-corrected chi connectivity index (χ3v) is 9.97. The molecular weight excluding hydrogens is 643 g/mol. The number of nitrogens with one attached hydrogen (secondary N) is 2. The van der Waals surface area contributed by atoms with Crippen molar-refractivity contribution >= 4 is 54.7 Å². The van der Waals surface area contributed by atoms with Crippen molar-refractivity contribution in [2.24, 2.45) is 4.99 Å². The Bertz CT molecular complexity index is 1250. The molecule has 0 saturated carbocycles. The number of halogens is 3. The molecule has 5 nitrogen and oxygen atoms in total. The Balaban J connectivity index is 1.53. The Morgan fingerprint density at radius 2 is 1.88 bits per heavy atom. The molecule has 0 fully saturated rings. The van der Waals surface area contributed by atoms with Crippen LogP contribution in [0, 0.1) is 0 Å². The van der Waals surface area contributed by atoms with E-state index in [1.807, 2.05) is 54.0 Å². The van der Waals surface area contributed by atoms with Gasteiger partial charge in [0, 0.05) is 0 Å². The van der Waals surface area contributed by atoms with E-state index in [-0.39, 0.29) is 11.5 Å². The van der Waals surface area contributed by atoms with Crippen molar-refractivity contribution in [2.45, 2.75) is 18.0 Å². The summed E-state index contributed by atoms with van der Waals surface area (Å²) in [5.41, 5.74) is 10.5. The molecule has 0 radical (unpaired) electrons. The minimum absolute atomic E-state index is 0.0583. The SMILES string of the molecule is CN1[C]2=[Os]=[C](N[NH2+]c3ccccc3Cl)NC2N=C(c2ccccc2Cl)C2=C1C=CC(Cl)C2. The number of nitrogens with zero attached hydrogens (tertiary/aromatic N) is 2. The summed E-state index contributed by atoms with van der Waals surface area (Å²) in [6.07, 6.45) is 4.75. The molecule has 1 aliphatic carbocycles. The monoisotopic (exact) mass is 664 g/mol. The molecule has 2 aliphatic heterocycles. The summed E-state index contributed by atoms with van der Waals surface area (Å²) >= 11 is 18.6. The summed E-state index contributed by atoms with van der Waals surface area (Å²) in [4.78, 5) is 7.47. The standard InChI is InChI=1S/C23H20Cl3N5.Os/c1-31-13-22(27-14-28-30-20-9-5-4-8-19(20)26)29-23(16-6-2-3-7-18(16)25)17-12-15(24)10-11-21(17)31;/h2-11,15,22,27-28,30H,12H2,1H3;/p+1. The number of fused-ring (bicyclic) bond motifs is 1. The summed E-state index contributed by atoms with van der Waals surface area (Å²) < 4.78 is 2.41. The topological polar surface area (TPSA) is 56.3 Å². The average Bonchev–Trinajstić information content (AvgIpc) is 3.15. The molecule has 0 bridgehead atoms. The van der Waals surface area contributed by atoms with Crippen molar-refractivity contribution in [1.29, 1.82) is 0 Å². The van der Waals surface area contributed by atoms with Gasteiger partial charge in [-0.3, -0.25) is 0 Å². The minimum atomic E-state index is -0.785. The number of hydrogen-bond donors (Lipinski definition) is 3. The van der Waals surface area contributed by atoms with Gasteiger partial charge >= 0.3 is 210 Å². The fourth-order valence-corrected chi connectivity index (χ4v) is 7.48. The van der Waals surface area contributed by atoms with Crippen molar-refractivity contribution < 1.29 is 21.9 Å². The molecule has 0 spiro atoms. The van der Waals surface area contributed by atoms with Gasteiger partial charge < -0.3 is 0 Å². The van der Waals surface area contributed by atoms with Crippen molar-refractivity contribution in [3.8, 4) is 0 Å². The number of para-hydroxylation sites is 1. The van der Waals surface area contributed by atoms with Crippen LogP contribution in [0.3, 0.4) is 0 Å². The predicted molar refractivity (Wildman–Crippen MR) is 129 cm³/mol. The third-order valence-electron chi connectivity index (χ3n) is 5.43. The zero-order chi connectivity index (χ0) is 22.2. The number of benzene rings is 2. The molecule has 166 valence electrons. The molecule has 0 aromatic heterocycles. The van der Waals surface area contributed by atoms with Gasteiger partial charge in [-0.2, -0.15) is 0 Å². The fourth-order valence-electron chi connectivity index (χ4n) is 3.86. The summed E-state index contributed by atoms with van der Waals surface area (Å²) in [5.74, 6) is 0. The van der Waals surface area contributed by atoms with Crippen LogP contribution < -0.4 is 16.2 Å². The molecule has 0 saturated heterocycles. The first-order valence-corrected chi connectivity index (χ1v) is 13.8. The quantitative estimate of drug-likeness (QED) is 0.204. The molecule has 32 heavy (non-hydrogen) atoms. The van der Waals surface area contributed by atoms with Crippen LogP contribution in [0.1, 0.15) is 12.0 Å². The van der Waals surface area contributed by atoms with Crippen molar-refractivity contribution in [3.05, 3.63) is 87.6 Å². The Kier molecular flexibility index (Phi) is 6.56. The molecule has 4 N–H and O–H groups in total. The molecule has 3 aliphatic rings. The van der Waals surface area contributed by atoms with Crippen LogP contribution in [0.2, 0.25) is 10.0 Å². The van der Waals surface area contributed by atoms with Gasteiger partial charge in [0.25, 0.3) is 0 Å². The number of hydrogen-bond acceptors (Lipinski definition) is 4. The fraction of sp³-hybridized carbons (Fsp3) is 0.174. The third kappa shape index (κ3) is 4.34. The van der Waals surface area contributed by atoms with E-state index in [1.54, 1.807) is 0 Å². The molecule has 0 amide bonds. The second-order valence-electron chi connectivity index (χ2n) is 7.52. The maximum absolute atomic E-state index is 6.60. The summed E-state index contributed by atoms with van der Waals surface area (Å²) in [5, 5.41) is 4.94. The first-order valence-electron chi connectivity index (χ1n) is 10.1. The van der Waals surface area contributed by atoms with Gasteiger partial charge in [0.15, 0.2) is 0 Å². The van der Waals surface area contributed by atoms with E-state index >= 15 is 0 Å². The average molecular weight is 664 g/mol. The van der Waals surface area contributed by atoms with E-state index in [0.29, 0.717) is 5.02 Å². The zero-order valence-electron chi connectivity index (χ0n) is 17.1. The Labute approximate surface area is 208 Å². The zero-order valence-corrected chi connectivity index (χ0v) is 21.9. The number of rotatable bonds is 4. The van der Waals surface area contributed by atoms with Gasteiger partial charge in [0.05, 0.1) is 0 Å². The van der Waals surface area contributed by atoms with Crippen molar-refractivity contribution in [1.82, 2.24) is 15.6 Å². The van der Waals surface area contributed by atoms with E-state index in [9.17, 15) is 0 Å². The van der Waals surface area contributed by atoms with Crippen LogP contribution in [0.5, 0.6) is 0 Å². The van der Waals surface area contributed by atoms with Crippen molar-refractivity contribution in [3.63, 3.8) is 0 Å². The Hall–Kier alpha value is -1.48. The summed E-state index contributed by atoms with van der Waals surface area (Å²) in [7, 11) is 2.12. The van der Waals surface area contributed by atoms with Crippen LogP contribution >= 0.6 is 34.8 Å². The molecule has 2 unspecified atom stereocenters. The van der Waals surface area contributed by atoms with Crippen LogP contribution in [-0.4, -0.2) is 37.7 Å². The number of likely N-dealkylation sites (N-methyl/N-ethyl adjacent to an activating group) is 1. The number of nitrogens with two attached hydrogens (primary N) is 1. The number of allylic oxidation sites excluding steroid dienone is 3. The van der Waals surface area contributed by atoms with E-state index in [0.717, 1.165) is 44.0 Å². The van der Waals surface area contributed by atoms with Gasteiger partial charge in [-0.05, 0) is 0 Å². The number of alkyl halides is 1. The van der Waals surface area contributed by atoms with Crippen LogP contribution in [0.4, 0.5) is 5.69 Å². The normalized spacial score (nSPS) is 22.6. The second kappa shape index (κ2) is 9.41. The molecular formula is C23H21Cl3N5Os+. The molecule has 2 aromatic carbocycles. The first kappa shape index (κ1) is 22.3. The first-order chi connectivity index (χ1) is 15.5. The Morgan fingerprint density at radius 3 is 2.66 bits per heavy atom. The van der Waals surface area contributed by atoms with Gasteiger partial charge in [-0.1, -0.05) is 0 Å². The van der Waals surface area contributed by atoms with E-state index < -0.39 is 16.5 Å². The summed E-state index contributed by atoms with van der Waals surface area (Å²) in [6, 6.07) is 15.6. The van der Waals surface area contributed by atoms with Gasteiger partial charge in [0.2, 0.25) is 0 Å². The van der Waals surface area contributed by atoms with Crippen LogP contribution in [0.25, 0.3) is 0 Å². The van der Waals surface area contributed by atoms with Gasteiger partial charge in [-0.15, -0.1) is 0 Å². The van der Waals surface area contributed by atoms with Crippen LogP contribution in [-0.2, 0) is 16.5 Å². The Morgan fingerprint density at radius 1 is 1.12 bits per heavy atom. The van der Waals surface area contributed by atoms with E-state index in [1.165, 1.54) is 4.19 Å². The van der Waals surface area contributed by atoms with Crippen molar-refractivity contribution in [2.75, 3.05) is 7.05 Å². The molecule has 2 atom stereocenters. The molecule has 2 heterocycles. The van der Waals surface area contributed by atoms with Gasteiger partial charge in [-0.25, -0.2) is 0 Å². The molecule has 9 heteroatoms. The maximum atomic E-state index is 6.60. The molecule has 2 aromatic rings. The number of aliphatic imine (C=N–C) groups is 1. The van der Waals surface area contributed by atoms with E-state index in [2.05, 4.69) is 34.8 Å².